The Hall–Kier alpha value is -14.2. The average molecular weight is 1330 g/mol. The second kappa shape index (κ2) is 29.2. The van der Waals surface area contributed by atoms with Crippen LogP contribution in [0.3, 0.4) is 0 Å². The van der Waals surface area contributed by atoms with Gasteiger partial charge in [0.15, 0.2) is 0 Å². The first-order valence-electron chi connectivity index (χ1n) is 32.6. The summed E-state index contributed by atoms with van der Waals surface area (Å²) in [6.07, 6.45) is 9.53. The molecule has 0 atom stereocenters. The van der Waals surface area contributed by atoms with Gasteiger partial charge >= 0.3 is 23.9 Å². The van der Waals surface area contributed by atoms with E-state index >= 15 is 0 Å². The minimum atomic E-state index is -0.649. The number of benzene rings is 9. The van der Waals surface area contributed by atoms with Crippen LogP contribution in [0.5, 0.6) is 23.0 Å². The molecular formula is C88H56N6O8. The molecule has 0 saturated carbocycles. The zero-order valence-electron chi connectivity index (χ0n) is 54.3. The number of carbonyl (C=O) groups is 4. The number of pyridine rings is 6. The number of hydrogen-bond acceptors (Lipinski definition) is 14. The van der Waals surface area contributed by atoms with Crippen LogP contribution < -0.4 is 18.9 Å². The first-order chi connectivity index (χ1) is 50.1. The highest BCUT2D eigenvalue weighted by Gasteiger charge is 2.21. The molecule has 14 nitrogen and oxygen atoms in total. The third-order valence-electron chi connectivity index (χ3n) is 17.0. The zero-order chi connectivity index (χ0) is 69.1. The maximum Gasteiger partial charge on any atom is 0.345 e. The van der Waals surface area contributed by atoms with E-state index in [0.29, 0.717) is 33.9 Å². The quantitative estimate of drug-likeness (QED) is 0.0584. The summed E-state index contributed by atoms with van der Waals surface area (Å²) < 4.78 is 24.2. The van der Waals surface area contributed by atoms with Crippen LogP contribution in [-0.2, 0) is 0 Å². The second-order valence-electron chi connectivity index (χ2n) is 23.7. The van der Waals surface area contributed by atoms with Crippen LogP contribution in [0.2, 0.25) is 0 Å². The fourth-order valence-corrected chi connectivity index (χ4v) is 11.8. The first kappa shape index (κ1) is 63.8. The standard InChI is InChI=1S/C88H56N6O8/c95-85(65-34-40-79(91-53-65)57-18-5-1-6-19-57)99-71-45-69(46-72(49-71)100-86(96)66-35-41-80(92-54-66)58-20-7-2-8-21-58)77-30-15-13-28-75(77)63-32-38-83(89-51-63)61-26-17-27-62(44-61)84-39-33-64(52-90-84)76-29-14-16-31-78(76)70-47-73(101-87(97)67-36-42-81(93-55-67)59-22-9-3-10-23-59)50-74(48-70)102-88(98)68-37-43-82(94-56-68)60-24-11-4-12-25-60/h1-56H. The van der Waals surface area contributed by atoms with E-state index in [9.17, 15) is 19.2 Å². The third-order valence-corrected chi connectivity index (χ3v) is 17.0. The van der Waals surface area contributed by atoms with Crippen molar-refractivity contribution in [2.75, 3.05) is 0 Å². The highest BCUT2D eigenvalue weighted by Crippen LogP contribution is 2.40. The largest absolute Gasteiger partial charge is 0.423 e. The summed E-state index contributed by atoms with van der Waals surface area (Å²) in [5, 5.41) is 0. The summed E-state index contributed by atoms with van der Waals surface area (Å²) in [5.41, 5.74) is 16.5. The first-order valence-corrected chi connectivity index (χ1v) is 32.6. The van der Waals surface area contributed by atoms with Crippen LogP contribution in [0.4, 0.5) is 0 Å². The van der Waals surface area contributed by atoms with E-state index in [0.717, 1.165) is 78.1 Å². The van der Waals surface area contributed by atoms with Gasteiger partial charge in [-0.15, -0.1) is 0 Å². The Kier molecular flexibility index (Phi) is 18.3. The lowest BCUT2D eigenvalue weighted by Crippen LogP contribution is -2.11. The highest BCUT2D eigenvalue weighted by molar-refractivity contribution is 5.96. The topological polar surface area (TPSA) is 183 Å². The number of esters is 4. The molecule has 0 bridgehead atoms. The summed E-state index contributed by atoms with van der Waals surface area (Å²) >= 11 is 0. The van der Waals surface area contributed by atoms with Gasteiger partial charge in [0.25, 0.3) is 0 Å². The fraction of sp³-hybridized carbons (Fsp3) is 0. The van der Waals surface area contributed by atoms with Gasteiger partial charge in [0.2, 0.25) is 0 Å². The smallest absolute Gasteiger partial charge is 0.345 e. The molecule has 0 aliphatic heterocycles. The number of carbonyl (C=O) groups excluding carboxylic acids is 4. The van der Waals surface area contributed by atoms with E-state index in [1.807, 2.05) is 231 Å². The summed E-state index contributed by atoms with van der Waals surface area (Å²) in [7, 11) is 0. The predicted molar refractivity (Wildman–Crippen MR) is 393 cm³/mol. The molecule has 14 heteroatoms. The van der Waals surface area contributed by atoms with Gasteiger partial charge in [0.1, 0.15) is 23.0 Å². The van der Waals surface area contributed by atoms with Gasteiger partial charge in [-0.3, -0.25) is 29.9 Å². The van der Waals surface area contributed by atoms with Crippen molar-refractivity contribution in [1.82, 2.24) is 29.9 Å². The maximum absolute atomic E-state index is 13.8. The molecule has 102 heavy (non-hydrogen) atoms. The molecule has 0 saturated heterocycles. The van der Waals surface area contributed by atoms with E-state index < -0.39 is 23.9 Å². The van der Waals surface area contributed by atoms with Crippen molar-refractivity contribution in [3.05, 3.63) is 363 Å². The number of rotatable bonds is 18. The number of hydrogen-bond donors (Lipinski definition) is 0. The van der Waals surface area contributed by atoms with Crippen molar-refractivity contribution >= 4 is 23.9 Å². The molecule has 9 aromatic carbocycles. The lowest BCUT2D eigenvalue weighted by Gasteiger charge is -2.15. The van der Waals surface area contributed by atoms with Crippen molar-refractivity contribution in [1.29, 1.82) is 0 Å². The third kappa shape index (κ3) is 14.6. The minimum Gasteiger partial charge on any atom is -0.423 e. The molecule has 0 unspecified atom stereocenters. The van der Waals surface area contributed by atoms with E-state index in [1.54, 1.807) is 72.8 Å². The molecular weight excluding hydrogens is 1270 g/mol. The molecule has 0 fully saturated rings. The van der Waals surface area contributed by atoms with Gasteiger partial charge in [-0.25, -0.2) is 19.2 Å². The Bertz CT molecular complexity index is 4960. The molecule has 0 amide bonds. The molecule has 15 aromatic rings. The normalized spacial score (nSPS) is 10.9. The zero-order valence-corrected chi connectivity index (χ0v) is 54.3. The van der Waals surface area contributed by atoms with Crippen LogP contribution in [-0.4, -0.2) is 53.8 Å². The molecule has 486 valence electrons. The lowest BCUT2D eigenvalue weighted by molar-refractivity contribution is 0.0713. The fourth-order valence-electron chi connectivity index (χ4n) is 11.8. The summed E-state index contributed by atoms with van der Waals surface area (Å²) in [6, 6.07) is 93.7. The number of ether oxygens (including phenoxy) is 4. The molecule has 6 aromatic heterocycles. The Labute approximate surface area is 586 Å². The molecule has 6 heterocycles. The van der Waals surface area contributed by atoms with Crippen LogP contribution in [0.25, 0.3) is 112 Å². The van der Waals surface area contributed by atoms with Gasteiger partial charge in [-0.1, -0.05) is 200 Å². The summed E-state index contributed by atoms with van der Waals surface area (Å²) in [4.78, 5) is 83.5. The lowest BCUT2D eigenvalue weighted by atomic mass is 9.94. The summed E-state index contributed by atoms with van der Waals surface area (Å²) in [6.45, 7) is 0. The van der Waals surface area contributed by atoms with E-state index in [4.69, 9.17) is 28.9 Å². The number of aromatic nitrogens is 6. The van der Waals surface area contributed by atoms with E-state index in [2.05, 4.69) is 19.9 Å². The van der Waals surface area contributed by atoms with Crippen LogP contribution >= 0.6 is 0 Å². The van der Waals surface area contributed by atoms with Crippen molar-refractivity contribution in [3.63, 3.8) is 0 Å². The second-order valence-corrected chi connectivity index (χ2v) is 23.7. The van der Waals surface area contributed by atoms with Crippen LogP contribution in [0, 0.1) is 0 Å². The highest BCUT2D eigenvalue weighted by atomic mass is 16.6. The van der Waals surface area contributed by atoms with E-state index in [-0.39, 0.29) is 45.3 Å². The van der Waals surface area contributed by atoms with Gasteiger partial charge in [-0.2, -0.15) is 0 Å². The maximum atomic E-state index is 13.8. The van der Waals surface area contributed by atoms with Crippen molar-refractivity contribution in [2.24, 2.45) is 0 Å². The monoisotopic (exact) mass is 1320 g/mol. The SMILES string of the molecule is O=C(Oc1cc(OC(=O)c2ccc(-c3ccccc3)nc2)cc(-c2ccccc2-c2ccc(-c3cccc(-c4ccc(-c5ccccc5-c5cc(OC(=O)c6ccc(-c7ccccc7)nc6)cc(OC(=O)c6ccc(-c7ccccc7)nc6)c5)cn4)c3)nc2)c1)c1ccc(-c2ccccc2)nc1. The molecule has 0 aliphatic rings. The molecule has 0 spiro atoms. The van der Waals surface area contributed by atoms with Gasteiger partial charge < -0.3 is 18.9 Å². The molecule has 0 radical (unpaired) electrons. The Morgan fingerprint density at radius 2 is 0.422 bits per heavy atom. The molecule has 0 aliphatic carbocycles. The Morgan fingerprint density at radius 1 is 0.186 bits per heavy atom. The van der Waals surface area contributed by atoms with Crippen molar-refractivity contribution < 1.29 is 38.1 Å². The van der Waals surface area contributed by atoms with Gasteiger partial charge in [0.05, 0.1) is 56.4 Å². The van der Waals surface area contributed by atoms with Gasteiger partial charge in [-0.05, 0) is 124 Å². The average Bonchev–Trinajstić information content (AvgIpc) is 0.797. The molecule has 0 N–H and O–H groups in total. The van der Waals surface area contributed by atoms with Crippen molar-refractivity contribution in [3.8, 4) is 135 Å². The minimum absolute atomic E-state index is 0.140. The van der Waals surface area contributed by atoms with Crippen LogP contribution in [0.1, 0.15) is 41.4 Å². The Morgan fingerprint density at radius 3 is 0.676 bits per heavy atom. The van der Waals surface area contributed by atoms with Crippen molar-refractivity contribution in [2.45, 2.75) is 0 Å². The van der Waals surface area contributed by atoms with Gasteiger partial charge in [0, 0.05) is 93.8 Å². The number of nitrogens with zero attached hydrogens (tertiary/aromatic N) is 6. The van der Waals surface area contributed by atoms with Crippen LogP contribution in [0.15, 0.2) is 340 Å². The summed E-state index contributed by atoms with van der Waals surface area (Å²) in [5.74, 6) is -2.04. The predicted octanol–water partition coefficient (Wildman–Crippen LogP) is 19.6. The Balaban J connectivity index is 0.683. The molecule has 15 rings (SSSR count). The van der Waals surface area contributed by atoms with E-state index in [1.165, 1.54) is 36.9 Å².